The van der Waals surface area contributed by atoms with E-state index in [0.717, 1.165) is 0 Å². The summed E-state index contributed by atoms with van der Waals surface area (Å²) in [4.78, 5) is 13.0. The van der Waals surface area contributed by atoms with Gasteiger partial charge >= 0.3 is 0 Å². The van der Waals surface area contributed by atoms with Crippen molar-refractivity contribution in [1.82, 2.24) is 4.90 Å². The maximum Gasteiger partial charge on any atom is 0.258 e. The van der Waals surface area contributed by atoms with Crippen molar-refractivity contribution in [3.05, 3.63) is 0 Å². The molecule has 0 aromatic carbocycles. The highest BCUT2D eigenvalue weighted by Crippen LogP contribution is 2.30. The molecule has 5 heteroatoms. The summed E-state index contributed by atoms with van der Waals surface area (Å²) in [5, 5.41) is 0. The Hall–Kier alpha value is 0.01000. The molecule has 1 saturated heterocycles. The predicted octanol–water partition coefficient (Wildman–Crippen LogP) is 1.43. The number of hydrogen-bond donors (Lipinski definition) is 0. The highest BCUT2D eigenvalue weighted by atomic mass is 35.5. The number of nitrogens with zero attached hydrogens (tertiary/aromatic N) is 1. The standard InChI is InChI=1S/C8H13Cl2NO2/c1-7(13-3)4-11(5-7)6(12)8(2,9)10/h4-5H2,1-3H3. The number of ether oxygens (including phenoxy) is 1. The van der Waals surface area contributed by atoms with Crippen molar-refractivity contribution >= 4 is 29.1 Å². The molecule has 1 rings (SSSR count). The molecular weight excluding hydrogens is 213 g/mol. The third-order valence-electron chi connectivity index (χ3n) is 2.21. The highest BCUT2D eigenvalue weighted by Gasteiger charge is 2.45. The highest BCUT2D eigenvalue weighted by molar-refractivity contribution is 6.57. The van der Waals surface area contributed by atoms with Crippen molar-refractivity contribution in [3.8, 4) is 0 Å². The number of likely N-dealkylation sites (tertiary alicyclic amines) is 1. The molecule has 0 unspecified atom stereocenters. The maximum absolute atomic E-state index is 11.5. The van der Waals surface area contributed by atoms with Crippen molar-refractivity contribution in [1.29, 1.82) is 0 Å². The smallest absolute Gasteiger partial charge is 0.258 e. The Labute approximate surface area is 87.9 Å². The number of halogens is 2. The fourth-order valence-corrected chi connectivity index (χ4v) is 1.55. The number of amides is 1. The van der Waals surface area contributed by atoms with E-state index in [9.17, 15) is 4.79 Å². The molecular formula is C8H13Cl2NO2. The Morgan fingerprint density at radius 1 is 1.54 bits per heavy atom. The molecule has 0 radical (unpaired) electrons. The minimum Gasteiger partial charge on any atom is -0.375 e. The molecule has 0 aromatic rings. The predicted molar refractivity (Wildman–Crippen MR) is 52.1 cm³/mol. The van der Waals surface area contributed by atoms with Gasteiger partial charge in [0.25, 0.3) is 5.91 Å². The molecule has 3 nitrogen and oxygen atoms in total. The van der Waals surface area contributed by atoms with Gasteiger partial charge in [0.2, 0.25) is 0 Å². The zero-order valence-electron chi connectivity index (χ0n) is 7.93. The van der Waals surface area contributed by atoms with Crippen LogP contribution in [0.4, 0.5) is 0 Å². The summed E-state index contributed by atoms with van der Waals surface area (Å²) in [6, 6.07) is 0. The van der Waals surface area contributed by atoms with Gasteiger partial charge in [-0.25, -0.2) is 0 Å². The molecule has 0 bridgehead atoms. The Morgan fingerprint density at radius 3 is 2.31 bits per heavy atom. The van der Waals surface area contributed by atoms with E-state index >= 15 is 0 Å². The van der Waals surface area contributed by atoms with E-state index in [1.54, 1.807) is 12.0 Å². The van der Waals surface area contributed by atoms with Crippen LogP contribution < -0.4 is 0 Å². The van der Waals surface area contributed by atoms with Crippen molar-refractivity contribution in [2.45, 2.75) is 23.8 Å². The van der Waals surface area contributed by atoms with Gasteiger partial charge in [0.05, 0.1) is 18.7 Å². The van der Waals surface area contributed by atoms with Crippen molar-refractivity contribution < 1.29 is 9.53 Å². The zero-order valence-corrected chi connectivity index (χ0v) is 9.45. The van der Waals surface area contributed by atoms with Crippen LogP contribution in [-0.2, 0) is 9.53 Å². The second-order valence-corrected chi connectivity index (χ2v) is 5.41. The third-order valence-corrected chi connectivity index (χ3v) is 2.53. The Balaban J connectivity index is 2.49. The number of methoxy groups -OCH3 is 1. The van der Waals surface area contributed by atoms with E-state index in [1.165, 1.54) is 6.92 Å². The number of hydrogen-bond acceptors (Lipinski definition) is 2. The third kappa shape index (κ3) is 2.27. The van der Waals surface area contributed by atoms with E-state index in [0.29, 0.717) is 13.1 Å². The lowest BCUT2D eigenvalue weighted by molar-refractivity contribution is -0.158. The normalized spacial score (nSPS) is 21.2. The molecule has 1 fully saturated rings. The van der Waals surface area contributed by atoms with Crippen LogP contribution in [0.15, 0.2) is 0 Å². The SMILES string of the molecule is COC1(C)CN(C(=O)C(C)(Cl)Cl)C1. The summed E-state index contributed by atoms with van der Waals surface area (Å²) >= 11 is 11.3. The van der Waals surface area contributed by atoms with Crippen molar-refractivity contribution in [2.75, 3.05) is 20.2 Å². The molecule has 1 aliphatic heterocycles. The second-order valence-electron chi connectivity index (χ2n) is 3.70. The van der Waals surface area contributed by atoms with Gasteiger partial charge in [0, 0.05) is 7.11 Å². The molecule has 0 aliphatic carbocycles. The fraction of sp³-hybridized carbons (Fsp3) is 0.875. The monoisotopic (exact) mass is 225 g/mol. The van der Waals surface area contributed by atoms with Gasteiger partial charge in [-0.05, 0) is 13.8 Å². The van der Waals surface area contributed by atoms with Gasteiger partial charge in [0.15, 0.2) is 4.33 Å². The molecule has 0 saturated carbocycles. The summed E-state index contributed by atoms with van der Waals surface area (Å²) in [7, 11) is 1.63. The van der Waals surface area contributed by atoms with E-state index in [-0.39, 0.29) is 11.5 Å². The molecule has 13 heavy (non-hydrogen) atoms. The number of carbonyl (C=O) groups excluding carboxylic acids is 1. The Morgan fingerprint density at radius 2 is 2.00 bits per heavy atom. The average molecular weight is 226 g/mol. The van der Waals surface area contributed by atoms with Gasteiger partial charge < -0.3 is 9.64 Å². The van der Waals surface area contributed by atoms with Crippen LogP contribution in [0, 0.1) is 0 Å². The molecule has 0 atom stereocenters. The van der Waals surface area contributed by atoms with Crippen LogP contribution in [0.2, 0.25) is 0 Å². The first-order valence-corrected chi connectivity index (χ1v) is 4.76. The molecule has 1 amide bonds. The van der Waals surface area contributed by atoms with Crippen molar-refractivity contribution in [2.24, 2.45) is 0 Å². The Bertz CT molecular complexity index is 219. The van der Waals surface area contributed by atoms with Gasteiger partial charge in [0.1, 0.15) is 0 Å². The molecule has 1 aliphatic rings. The Kier molecular flexibility index (Phi) is 2.81. The summed E-state index contributed by atoms with van der Waals surface area (Å²) in [6.07, 6.45) is 0. The topological polar surface area (TPSA) is 29.5 Å². The number of carbonyl (C=O) groups is 1. The lowest BCUT2D eigenvalue weighted by atomic mass is 9.96. The first kappa shape index (κ1) is 11.1. The van der Waals surface area contributed by atoms with Crippen LogP contribution in [0.3, 0.4) is 0 Å². The maximum atomic E-state index is 11.5. The van der Waals surface area contributed by atoms with Crippen LogP contribution in [0.25, 0.3) is 0 Å². The van der Waals surface area contributed by atoms with Crippen LogP contribution >= 0.6 is 23.2 Å². The summed E-state index contributed by atoms with van der Waals surface area (Å²) in [5.41, 5.74) is -0.227. The first-order chi connectivity index (χ1) is 5.78. The first-order valence-electron chi connectivity index (χ1n) is 4.01. The summed E-state index contributed by atoms with van der Waals surface area (Å²) in [6.45, 7) is 4.52. The molecule has 0 spiro atoms. The molecule has 76 valence electrons. The minimum atomic E-state index is -1.32. The van der Waals surface area contributed by atoms with Gasteiger partial charge in [-0.3, -0.25) is 4.79 Å². The van der Waals surface area contributed by atoms with Gasteiger partial charge in [-0.2, -0.15) is 0 Å². The lowest BCUT2D eigenvalue weighted by Gasteiger charge is -2.47. The van der Waals surface area contributed by atoms with E-state index in [2.05, 4.69) is 0 Å². The van der Waals surface area contributed by atoms with Crippen LogP contribution in [0.1, 0.15) is 13.8 Å². The minimum absolute atomic E-state index is 0.227. The largest absolute Gasteiger partial charge is 0.375 e. The molecule has 1 heterocycles. The quantitative estimate of drug-likeness (QED) is 0.666. The van der Waals surface area contributed by atoms with Crippen LogP contribution in [-0.4, -0.2) is 40.9 Å². The summed E-state index contributed by atoms with van der Waals surface area (Å²) in [5.74, 6) is -0.259. The average Bonchev–Trinajstić information content (AvgIpc) is 1.95. The molecule has 0 aromatic heterocycles. The summed E-state index contributed by atoms with van der Waals surface area (Å²) < 4.78 is 3.86. The lowest BCUT2D eigenvalue weighted by Crippen LogP contribution is -2.64. The van der Waals surface area contributed by atoms with E-state index in [4.69, 9.17) is 27.9 Å². The van der Waals surface area contributed by atoms with E-state index in [1.807, 2.05) is 6.92 Å². The fourth-order valence-electron chi connectivity index (χ4n) is 1.31. The zero-order chi connectivity index (χ0) is 10.3. The van der Waals surface area contributed by atoms with E-state index < -0.39 is 4.33 Å². The van der Waals surface area contributed by atoms with Crippen molar-refractivity contribution in [3.63, 3.8) is 0 Å². The van der Waals surface area contributed by atoms with Gasteiger partial charge in [-0.1, -0.05) is 23.2 Å². The van der Waals surface area contributed by atoms with Gasteiger partial charge in [-0.15, -0.1) is 0 Å². The number of alkyl halides is 2. The van der Waals surface area contributed by atoms with Crippen LogP contribution in [0.5, 0.6) is 0 Å². The molecule has 0 N–H and O–H groups in total. The number of rotatable bonds is 2. The second kappa shape index (κ2) is 3.30.